The molecule has 0 saturated carbocycles. The zero-order valence-electron chi connectivity index (χ0n) is 12.4. The molecule has 0 N–H and O–H groups in total. The second-order valence-electron chi connectivity index (χ2n) is 3.92. The van der Waals surface area contributed by atoms with Gasteiger partial charge < -0.3 is 4.74 Å². The number of rotatable bonds is 4. The van der Waals surface area contributed by atoms with Crippen molar-refractivity contribution in [1.29, 1.82) is 0 Å². The van der Waals surface area contributed by atoms with Crippen LogP contribution in [0, 0.1) is 5.92 Å². The highest BCUT2D eigenvalue weighted by atomic mass is 16.5. The maximum Gasteiger partial charge on any atom is 0.145 e. The lowest BCUT2D eigenvalue weighted by molar-refractivity contribution is 0.416. The Labute approximate surface area is 111 Å². The van der Waals surface area contributed by atoms with Crippen LogP contribution < -0.4 is 4.74 Å². The van der Waals surface area contributed by atoms with E-state index in [-0.39, 0.29) is 0 Å². The summed E-state index contributed by atoms with van der Waals surface area (Å²) >= 11 is 0. The summed E-state index contributed by atoms with van der Waals surface area (Å²) < 4.78 is 5.31. The molecule has 0 aliphatic carbocycles. The number of aliphatic imine (C=N–C) groups is 1. The van der Waals surface area contributed by atoms with Crippen LogP contribution in [0.2, 0.25) is 0 Å². The zero-order valence-corrected chi connectivity index (χ0v) is 12.4. The molecule has 0 unspecified atom stereocenters. The molecule has 1 rings (SSSR count). The molecule has 0 radical (unpaired) electrons. The Bertz CT molecular complexity index is 406. The average Bonchev–Trinajstić information content (AvgIpc) is 2.40. The summed E-state index contributed by atoms with van der Waals surface area (Å²) in [4.78, 5) is 4.37. The molecule has 0 saturated heterocycles. The molecule has 0 aliphatic heterocycles. The third-order valence-corrected chi connectivity index (χ3v) is 2.52. The van der Waals surface area contributed by atoms with Gasteiger partial charge in [-0.2, -0.15) is 0 Å². The van der Waals surface area contributed by atoms with Gasteiger partial charge in [0.1, 0.15) is 11.4 Å². The van der Waals surface area contributed by atoms with Crippen molar-refractivity contribution in [3.8, 4) is 5.75 Å². The SMILES string of the molecule is C=C(c1cccc(OC)c1N=CC)C(C)C.CC. The lowest BCUT2D eigenvalue weighted by Gasteiger charge is -2.14. The maximum absolute atomic E-state index is 5.31. The first-order valence-electron chi connectivity index (χ1n) is 6.46. The number of para-hydroxylation sites is 1. The largest absolute Gasteiger partial charge is 0.494 e. The second kappa shape index (κ2) is 8.51. The topological polar surface area (TPSA) is 21.6 Å². The fraction of sp³-hybridized carbons (Fsp3) is 0.438. The molecule has 0 bridgehead atoms. The molecule has 0 amide bonds. The van der Waals surface area contributed by atoms with Crippen LogP contribution in [-0.2, 0) is 0 Å². The molecule has 0 heterocycles. The molecule has 18 heavy (non-hydrogen) atoms. The molecule has 0 atom stereocenters. The van der Waals surface area contributed by atoms with E-state index >= 15 is 0 Å². The summed E-state index contributed by atoms with van der Waals surface area (Å²) in [6, 6.07) is 5.92. The van der Waals surface area contributed by atoms with E-state index in [1.165, 1.54) is 0 Å². The second-order valence-corrected chi connectivity index (χ2v) is 3.92. The third kappa shape index (κ3) is 4.02. The van der Waals surface area contributed by atoms with Gasteiger partial charge in [0.2, 0.25) is 0 Å². The van der Waals surface area contributed by atoms with Crippen molar-refractivity contribution in [3.05, 3.63) is 30.3 Å². The number of allylic oxidation sites excluding steroid dienone is 1. The molecular weight excluding hydrogens is 222 g/mol. The normalized spacial score (nSPS) is 10.2. The Morgan fingerprint density at radius 1 is 1.33 bits per heavy atom. The maximum atomic E-state index is 5.31. The first-order chi connectivity index (χ1) is 8.61. The Kier molecular flexibility index (Phi) is 7.77. The highest BCUT2D eigenvalue weighted by molar-refractivity contribution is 5.80. The zero-order chi connectivity index (χ0) is 14.1. The van der Waals surface area contributed by atoms with Gasteiger partial charge in [-0.15, -0.1) is 0 Å². The smallest absolute Gasteiger partial charge is 0.145 e. The van der Waals surface area contributed by atoms with Crippen LogP contribution in [0.1, 0.15) is 40.2 Å². The fourth-order valence-corrected chi connectivity index (χ4v) is 1.52. The first-order valence-corrected chi connectivity index (χ1v) is 6.46. The van der Waals surface area contributed by atoms with Crippen molar-refractivity contribution >= 4 is 17.5 Å². The number of nitrogens with zero attached hydrogens (tertiary/aromatic N) is 1. The molecule has 1 aromatic carbocycles. The van der Waals surface area contributed by atoms with Gasteiger partial charge in [-0.05, 0) is 24.5 Å². The number of methoxy groups -OCH3 is 1. The van der Waals surface area contributed by atoms with Crippen molar-refractivity contribution in [2.75, 3.05) is 7.11 Å². The average molecular weight is 247 g/mol. The van der Waals surface area contributed by atoms with Gasteiger partial charge in [-0.3, -0.25) is 4.99 Å². The minimum atomic E-state index is 0.401. The Morgan fingerprint density at radius 3 is 2.39 bits per heavy atom. The van der Waals surface area contributed by atoms with Crippen molar-refractivity contribution in [2.45, 2.75) is 34.6 Å². The third-order valence-electron chi connectivity index (χ3n) is 2.52. The van der Waals surface area contributed by atoms with Crippen molar-refractivity contribution in [1.82, 2.24) is 0 Å². The van der Waals surface area contributed by atoms with E-state index in [9.17, 15) is 0 Å². The van der Waals surface area contributed by atoms with Gasteiger partial charge in [-0.25, -0.2) is 0 Å². The van der Waals surface area contributed by atoms with Gasteiger partial charge in [0.25, 0.3) is 0 Å². The van der Waals surface area contributed by atoms with Crippen molar-refractivity contribution in [2.24, 2.45) is 10.9 Å². The Balaban J connectivity index is 0.00000137. The minimum absolute atomic E-state index is 0.401. The van der Waals surface area contributed by atoms with Crippen LogP contribution in [0.3, 0.4) is 0 Å². The molecule has 2 heteroatoms. The molecule has 0 aromatic heterocycles. The van der Waals surface area contributed by atoms with Crippen LogP contribution in [0.15, 0.2) is 29.8 Å². The number of hydrogen-bond acceptors (Lipinski definition) is 2. The van der Waals surface area contributed by atoms with Crippen LogP contribution in [-0.4, -0.2) is 13.3 Å². The Hall–Kier alpha value is -1.57. The van der Waals surface area contributed by atoms with E-state index in [0.717, 1.165) is 22.6 Å². The number of ether oxygens (including phenoxy) is 1. The van der Waals surface area contributed by atoms with E-state index in [0.29, 0.717) is 5.92 Å². The predicted octanol–water partition coefficient (Wildman–Crippen LogP) is 5.11. The van der Waals surface area contributed by atoms with Gasteiger partial charge in [0, 0.05) is 11.8 Å². The lowest BCUT2D eigenvalue weighted by Crippen LogP contribution is -1.94. The summed E-state index contributed by atoms with van der Waals surface area (Å²) in [7, 11) is 1.66. The molecule has 0 spiro atoms. The van der Waals surface area contributed by atoms with Gasteiger partial charge in [-0.1, -0.05) is 46.4 Å². The fourth-order valence-electron chi connectivity index (χ4n) is 1.52. The van der Waals surface area contributed by atoms with Crippen LogP contribution in [0.4, 0.5) is 5.69 Å². The highest BCUT2D eigenvalue weighted by Gasteiger charge is 2.12. The van der Waals surface area contributed by atoms with Crippen molar-refractivity contribution < 1.29 is 4.74 Å². The molecule has 100 valence electrons. The summed E-state index contributed by atoms with van der Waals surface area (Å²) in [5.74, 6) is 1.19. The van der Waals surface area contributed by atoms with Gasteiger partial charge >= 0.3 is 0 Å². The van der Waals surface area contributed by atoms with E-state index in [4.69, 9.17) is 4.74 Å². The first kappa shape index (κ1) is 16.4. The van der Waals surface area contributed by atoms with E-state index < -0.39 is 0 Å². The number of benzene rings is 1. The highest BCUT2D eigenvalue weighted by Crippen LogP contribution is 2.37. The van der Waals surface area contributed by atoms with Crippen LogP contribution in [0.25, 0.3) is 5.57 Å². The van der Waals surface area contributed by atoms with E-state index in [1.807, 2.05) is 39.0 Å². The molecule has 0 fully saturated rings. The molecule has 1 aromatic rings. The predicted molar refractivity (Wildman–Crippen MR) is 82.0 cm³/mol. The van der Waals surface area contributed by atoms with Crippen LogP contribution in [0.5, 0.6) is 5.75 Å². The summed E-state index contributed by atoms with van der Waals surface area (Å²) in [5.41, 5.74) is 3.01. The number of hydrogen-bond donors (Lipinski definition) is 0. The molecule has 0 aliphatic rings. The van der Waals surface area contributed by atoms with Gasteiger partial charge in [0.15, 0.2) is 0 Å². The van der Waals surface area contributed by atoms with E-state index in [2.05, 4.69) is 25.4 Å². The minimum Gasteiger partial charge on any atom is -0.494 e. The lowest BCUT2D eigenvalue weighted by atomic mass is 9.95. The van der Waals surface area contributed by atoms with Crippen molar-refractivity contribution in [3.63, 3.8) is 0 Å². The molecular formula is C16H25NO. The van der Waals surface area contributed by atoms with Crippen LogP contribution >= 0.6 is 0 Å². The monoisotopic (exact) mass is 247 g/mol. The summed E-state index contributed by atoms with van der Waals surface area (Å²) in [6.45, 7) is 14.3. The Morgan fingerprint density at radius 2 is 1.94 bits per heavy atom. The van der Waals surface area contributed by atoms with Gasteiger partial charge in [0.05, 0.1) is 7.11 Å². The van der Waals surface area contributed by atoms with E-state index in [1.54, 1.807) is 13.3 Å². The quantitative estimate of drug-likeness (QED) is 0.677. The standard InChI is InChI=1S/C14H19NO.C2H6/c1-6-15-14-12(11(4)10(2)3)8-7-9-13(14)16-5;1-2/h6-10H,4H2,1-3,5H3;1-2H3. The molecule has 2 nitrogen and oxygen atoms in total. The summed E-state index contributed by atoms with van der Waals surface area (Å²) in [6.07, 6.45) is 1.77. The summed E-state index contributed by atoms with van der Waals surface area (Å²) in [5, 5.41) is 0.